The summed E-state index contributed by atoms with van der Waals surface area (Å²) in [7, 11) is 0. The number of piperidine rings is 1. The predicted molar refractivity (Wildman–Crippen MR) is 87.5 cm³/mol. The zero-order valence-electron chi connectivity index (χ0n) is 12.4. The smallest absolute Gasteiger partial charge is 0.0459 e. The zero-order chi connectivity index (χ0) is 14.4. The minimum absolute atomic E-state index is 0.597. The fraction of sp³-hybridized carbons (Fsp3) is 0.444. The Hall–Kier alpha value is -1.58. The molecule has 0 amide bonds. The van der Waals surface area contributed by atoms with Gasteiger partial charge in [0.05, 0.1) is 0 Å². The Bertz CT molecular complexity index is 672. The van der Waals surface area contributed by atoms with Crippen LogP contribution in [0, 0.1) is 5.92 Å². The van der Waals surface area contributed by atoms with Gasteiger partial charge in [0, 0.05) is 42.1 Å². The number of hydrogen-bond acceptors (Lipinski definition) is 2. The van der Waals surface area contributed by atoms with E-state index in [-0.39, 0.29) is 0 Å². The highest BCUT2D eigenvalue weighted by atomic mass is 15.2. The Morgan fingerprint density at radius 1 is 1.43 bits per heavy atom. The van der Waals surface area contributed by atoms with Crippen LogP contribution in [0.4, 0.5) is 0 Å². The lowest BCUT2D eigenvalue weighted by Gasteiger charge is -2.46. The first-order chi connectivity index (χ1) is 10.3. The van der Waals surface area contributed by atoms with Crippen LogP contribution >= 0.6 is 0 Å². The number of nitrogens with one attached hydrogen (secondary N) is 1. The molecule has 0 bridgehead atoms. The summed E-state index contributed by atoms with van der Waals surface area (Å²) in [6, 6.07) is 7.29. The maximum atomic E-state index is 6.00. The van der Waals surface area contributed by atoms with Crippen molar-refractivity contribution in [2.24, 2.45) is 11.7 Å². The second-order valence-corrected chi connectivity index (χ2v) is 6.54. The molecule has 1 aliphatic heterocycles. The Balaban J connectivity index is 1.81. The summed E-state index contributed by atoms with van der Waals surface area (Å²) in [5.74, 6) is 1.21. The molecule has 0 saturated carbocycles. The average molecular weight is 281 g/mol. The molecule has 2 aromatic rings. The molecule has 3 N–H and O–H groups in total. The van der Waals surface area contributed by atoms with Crippen molar-refractivity contribution in [2.45, 2.75) is 24.8 Å². The third kappa shape index (κ3) is 1.95. The van der Waals surface area contributed by atoms with Gasteiger partial charge in [-0.15, -0.1) is 6.58 Å². The number of hydrogen-bond donors (Lipinski definition) is 2. The predicted octanol–water partition coefficient (Wildman–Crippen LogP) is 2.64. The molecular formula is C18H23N3. The highest BCUT2D eigenvalue weighted by molar-refractivity contribution is 5.88. The molecule has 3 nitrogen and oxygen atoms in total. The molecule has 0 spiro atoms. The number of nitrogens with two attached hydrogens (primary N) is 1. The zero-order valence-corrected chi connectivity index (χ0v) is 12.4. The van der Waals surface area contributed by atoms with Crippen molar-refractivity contribution in [3.05, 3.63) is 48.2 Å². The Morgan fingerprint density at radius 2 is 2.33 bits per heavy atom. The first kappa shape index (κ1) is 13.1. The van der Waals surface area contributed by atoms with E-state index in [1.54, 1.807) is 0 Å². The van der Waals surface area contributed by atoms with Crippen LogP contribution in [0.5, 0.6) is 0 Å². The SMILES string of the molecule is C=CCN1CC(CN)C[C@@H]2c3cccc4[nH]cc(c34)C[C@H]21. The van der Waals surface area contributed by atoms with Gasteiger partial charge in [0.2, 0.25) is 0 Å². The molecule has 3 atom stereocenters. The highest BCUT2D eigenvalue weighted by Crippen LogP contribution is 2.44. The van der Waals surface area contributed by atoms with Gasteiger partial charge in [-0.2, -0.15) is 0 Å². The average Bonchev–Trinajstić information content (AvgIpc) is 2.93. The number of H-pyrrole nitrogens is 1. The Kier molecular flexibility index (Phi) is 3.12. The topological polar surface area (TPSA) is 45.0 Å². The summed E-state index contributed by atoms with van der Waals surface area (Å²) in [5.41, 5.74) is 10.3. The Labute approximate surface area is 125 Å². The molecule has 1 unspecified atom stereocenters. The van der Waals surface area contributed by atoms with Gasteiger partial charge in [0.15, 0.2) is 0 Å². The summed E-state index contributed by atoms with van der Waals surface area (Å²) < 4.78 is 0. The van der Waals surface area contributed by atoms with E-state index >= 15 is 0 Å². The minimum atomic E-state index is 0.597. The van der Waals surface area contributed by atoms with Crippen LogP contribution in [0.15, 0.2) is 37.1 Å². The number of nitrogens with zero attached hydrogens (tertiary/aromatic N) is 1. The van der Waals surface area contributed by atoms with Crippen molar-refractivity contribution >= 4 is 10.9 Å². The first-order valence-electron chi connectivity index (χ1n) is 7.95. The van der Waals surface area contributed by atoms with E-state index in [4.69, 9.17) is 5.73 Å². The first-order valence-corrected chi connectivity index (χ1v) is 7.95. The van der Waals surface area contributed by atoms with Crippen LogP contribution in [0.3, 0.4) is 0 Å². The molecule has 1 fully saturated rings. The van der Waals surface area contributed by atoms with Crippen LogP contribution in [0.25, 0.3) is 10.9 Å². The Morgan fingerprint density at radius 3 is 3.14 bits per heavy atom. The lowest BCUT2D eigenvalue weighted by Crippen LogP contribution is -2.51. The number of fused-ring (bicyclic) bond motifs is 2. The van der Waals surface area contributed by atoms with Crippen molar-refractivity contribution in [2.75, 3.05) is 19.6 Å². The minimum Gasteiger partial charge on any atom is -0.361 e. The maximum absolute atomic E-state index is 6.00. The van der Waals surface area contributed by atoms with E-state index < -0.39 is 0 Å². The largest absolute Gasteiger partial charge is 0.361 e. The van der Waals surface area contributed by atoms with E-state index in [9.17, 15) is 0 Å². The standard InChI is InChI=1S/C18H23N3/c1-2-6-21-11-12(9-19)7-15-14-4-3-5-16-18(14)13(10-20-16)8-17(15)21/h2-5,10,12,15,17,20H,1,6-9,11,19H2/t12?,15-,17-/m1/s1. The van der Waals surface area contributed by atoms with Crippen molar-refractivity contribution in [1.82, 2.24) is 9.88 Å². The molecule has 110 valence electrons. The maximum Gasteiger partial charge on any atom is 0.0459 e. The van der Waals surface area contributed by atoms with Crippen molar-refractivity contribution in [3.8, 4) is 0 Å². The van der Waals surface area contributed by atoms with Crippen LogP contribution in [0.2, 0.25) is 0 Å². The fourth-order valence-electron chi connectivity index (χ4n) is 4.45. The van der Waals surface area contributed by atoms with Crippen LogP contribution in [0.1, 0.15) is 23.5 Å². The third-order valence-corrected chi connectivity index (χ3v) is 5.36. The third-order valence-electron chi connectivity index (χ3n) is 5.36. The molecule has 2 aliphatic rings. The van der Waals surface area contributed by atoms with Gasteiger partial charge >= 0.3 is 0 Å². The number of likely N-dealkylation sites (tertiary alicyclic amines) is 1. The molecule has 3 heteroatoms. The molecule has 1 aromatic heterocycles. The van der Waals surface area contributed by atoms with Crippen molar-refractivity contribution in [3.63, 3.8) is 0 Å². The van der Waals surface area contributed by atoms with E-state index in [0.29, 0.717) is 17.9 Å². The summed E-state index contributed by atoms with van der Waals surface area (Å²) in [5, 5.41) is 1.47. The molecule has 2 heterocycles. The number of rotatable bonds is 3. The molecular weight excluding hydrogens is 258 g/mol. The summed E-state index contributed by atoms with van der Waals surface area (Å²) >= 11 is 0. The highest BCUT2D eigenvalue weighted by Gasteiger charge is 2.39. The van der Waals surface area contributed by atoms with E-state index in [1.165, 1.54) is 28.5 Å². The molecule has 1 aliphatic carbocycles. The second-order valence-electron chi connectivity index (χ2n) is 6.54. The summed E-state index contributed by atoms with van der Waals surface area (Å²) in [4.78, 5) is 6.03. The molecule has 4 rings (SSSR count). The van der Waals surface area contributed by atoms with Crippen molar-refractivity contribution in [1.29, 1.82) is 0 Å². The molecule has 21 heavy (non-hydrogen) atoms. The summed E-state index contributed by atoms with van der Waals surface area (Å²) in [6.45, 7) is 6.80. The summed E-state index contributed by atoms with van der Waals surface area (Å²) in [6.07, 6.45) is 6.60. The van der Waals surface area contributed by atoms with Crippen LogP contribution in [-0.4, -0.2) is 35.6 Å². The number of benzene rings is 1. The van der Waals surface area contributed by atoms with Gasteiger partial charge in [-0.25, -0.2) is 0 Å². The molecule has 0 radical (unpaired) electrons. The lowest BCUT2D eigenvalue weighted by molar-refractivity contribution is 0.0996. The monoisotopic (exact) mass is 281 g/mol. The quantitative estimate of drug-likeness (QED) is 0.850. The van der Waals surface area contributed by atoms with Gasteiger partial charge in [-0.3, -0.25) is 4.90 Å². The molecule has 1 aromatic carbocycles. The van der Waals surface area contributed by atoms with Crippen LogP contribution in [-0.2, 0) is 6.42 Å². The molecule has 1 saturated heterocycles. The van der Waals surface area contributed by atoms with Gasteiger partial charge in [0.1, 0.15) is 0 Å². The van der Waals surface area contributed by atoms with Gasteiger partial charge in [-0.1, -0.05) is 18.2 Å². The lowest BCUT2D eigenvalue weighted by atomic mass is 9.72. The normalized spacial score (nSPS) is 28.5. The number of aromatic amines is 1. The van der Waals surface area contributed by atoms with E-state index in [2.05, 4.69) is 40.9 Å². The number of aromatic nitrogens is 1. The van der Waals surface area contributed by atoms with Gasteiger partial charge in [0.25, 0.3) is 0 Å². The van der Waals surface area contributed by atoms with Gasteiger partial charge < -0.3 is 10.7 Å². The fourth-order valence-corrected chi connectivity index (χ4v) is 4.45. The second kappa shape index (κ2) is 5.00. The van der Waals surface area contributed by atoms with E-state index in [0.717, 1.165) is 26.1 Å². The van der Waals surface area contributed by atoms with Crippen molar-refractivity contribution < 1.29 is 0 Å². The van der Waals surface area contributed by atoms with Crippen LogP contribution < -0.4 is 5.73 Å². The van der Waals surface area contributed by atoms with Gasteiger partial charge in [-0.05, 0) is 42.5 Å². The van der Waals surface area contributed by atoms with E-state index in [1.807, 2.05) is 6.08 Å².